The number of nitrogens with zero attached hydrogens (tertiary/aromatic N) is 1. The van der Waals surface area contributed by atoms with Crippen LogP contribution in [0, 0.1) is 0 Å². The van der Waals surface area contributed by atoms with E-state index >= 15 is 0 Å². The molecule has 4 aromatic rings. The summed E-state index contributed by atoms with van der Waals surface area (Å²) in [6.07, 6.45) is -1.78. The van der Waals surface area contributed by atoms with Gasteiger partial charge in [0.05, 0.1) is 29.3 Å². The van der Waals surface area contributed by atoms with Crippen LogP contribution >= 0.6 is 0 Å². The molecule has 0 aliphatic heterocycles. The van der Waals surface area contributed by atoms with Gasteiger partial charge in [0.25, 0.3) is 17.7 Å². The number of halogens is 3. The second-order valence-corrected chi connectivity index (χ2v) is 8.16. The quantitative estimate of drug-likeness (QED) is 0.192. The molecule has 9 nitrogen and oxygen atoms in total. The van der Waals surface area contributed by atoms with Crippen molar-refractivity contribution in [3.63, 3.8) is 0 Å². The van der Waals surface area contributed by atoms with Gasteiger partial charge in [0.2, 0.25) is 0 Å². The molecule has 0 saturated carbocycles. The minimum Gasteiger partial charge on any atom is -0.484 e. The SMILES string of the molecule is O=C(COc1ccc(/C=N\NC(=O)c2ccccc2NC(=O)c2ccco2)cc1)Nc1cccc(C(F)(F)F)c1. The van der Waals surface area contributed by atoms with Gasteiger partial charge in [-0.3, -0.25) is 14.4 Å². The molecule has 0 saturated heterocycles. The molecular formula is C28H21F3N4O5. The number of anilines is 2. The van der Waals surface area contributed by atoms with Crippen molar-refractivity contribution in [2.45, 2.75) is 6.18 Å². The van der Waals surface area contributed by atoms with Gasteiger partial charge in [-0.25, -0.2) is 5.43 Å². The van der Waals surface area contributed by atoms with Crippen LogP contribution in [0.1, 0.15) is 32.0 Å². The van der Waals surface area contributed by atoms with Crippen molar-refractivity contribution in [2.75, 3.05) is 17.2 Å². The van der Waals surface area contributed by atoms with Gasteiger partial charge < -0.3 is 19.8 Å². The average Bonchev–Trinajstić information content (AvgIpc) is 3.48. The predicted octanol–water partition coefficient (Wildman–Crippen LogP) is 5.33. The summed E-state index contributed by atoms with van der Waals surface area (Å²) >= 11 is 0. The van der Waals surface area contributed by atoms with Crippen molar-refractivity contribution >= 4 is 35.3 Å². The number of hydrazone groups is 1. The largest absolute Gasteiger partial charge is 0.484 e. The second-order valence-electron chi connectivity index (χ2n) is 8.16. The maximum absolute atomic E-state index is 12.8. The van der Waals surface area contributed by atoms with Gasteiger partial charge >= 0.3 is 6.18 Å². The summed E-state index contributed by atoms with van der Waals surface area (Å²) < 4.78 is 48.9. The Hall–Kier alpha value is -5.39. The minimum atomic E-state index is -4.52. The van der Waals surface area contributed by atoms with Gasteiger partial charge in [-0.2, -0.15) is 18.3 Å². The van der Waals surface area contributed by atoms with E-state index in [4.69, 9.17) is 9.15 Å². The fourth-order valence-corrected chi connectivity index (χ4v) is 3.38. The smallest absolute Gasteiger partial charge is 0.416 e. The molecule has 0 fully saturated rings. The molecule has 0 atom stereocenters. The Kier molecular flexibility index (Phi) is 8.59. The molecule has 0 aliphatic carbocycles. The highest BCUT2D eigenvalue weighted by atomic mass is 19.4. The zero-order valence-corrected chi connectivity index (χ0v) is 20.6. The Morgan fingerprint density at radius 3 is 2.38 bits per heavy atom. The first-order valence-corrected chi connectivity index (χ1v) is 11.7. The van der Waals surface area contributed by atoms with Crippen LogP contribution in [-0.4, -0.2) is 30.5 Å². The summed E-state index contributed by atoms with van der Waals surface area (Å²) in [4.78, 5) is 36.9. The number of furan rings is 1. The van der Waals surface area contributed by atoms with Crippen LogP contribution in [0.3, 0.4) is 0 Å². The lowest BCUT2D eigenvalue weighted by atomic mass is 10.1. The van der Waals surface area contributed by atoms with Crippen LogP contribution in [0.25, 0.3) is 0 Å². The highest BCUT2D eigenvalue weighted by molar-refractivity contribution is 6.08. The third kappa shape index (κ3) is 7.57. The molecule has 12 heteroatoms. The van der Waals surface area contributed by atoms with E-state index in [1.54, 1.807) is 48.5 Å². The highest BCUT2D eigenvalue weighted by Crippen LogP contribution is 2.30. The fraction of sp³-hybridized carbons (Fsp3) is 0.0714. The fourth-order valence-electron chi connectivity index (χ4n) is 3.38. The first kappa shape index (κ1) is 27.6. The zero-order valence-electron chi connectivity index (χ0n) is 20.6. The summed E-state index contributed by atoms with van der Waals surface area (Å²) in [5, 5.41) is 8.90. The van der Waals surface area contributed by atoms with Gasteiger partial charge in [-0.1, -0.05) is 18.2 Å². The lowest BCUT2D eigenvalue weighted by Crippen LogP contribution is -2.21. The molecule has 0 unspecified atom stereocenters. The number of carbonyl (C=O) groups excluding carboxylic acids is 3. The molecule has 0 aliphatic rings. The number of hydrogen-bond donors (Lipinski definition) is 3. The van der Waals surface area contributed by atoms with Gasteiger partial charge in [0.15, 0.2) is 12.4 Å². The highest BCUT2D eigenvalue weighted by Gasteiger charge is 2.30. The average molecular weight is 550 g/mol. The van der Waals surface area contributed by atoms with E-state index in [0.717, 1.165) is 12.1 Å². The number of hydrogen-bond acceptors (Lipinski definition) is 6. The molecule has 3 amide bonds. The molecule has 0 spiro atoms. The van der Waals surface area contributed by atoms with Gasteiger partial charge in [-0.05, 0) is 72.3 Å². The summed E-state index contributed by atoms with van der Waals surface area (Å²) in [6.45, 7) is -0.421. The van der Waals surface area contributed by atoms with Crippen molar-refractivity contribution in [1.29, 1.82) is 0 Å². The number of ether oxygens (including phenoxy) is 1. The number of nitrogens with one attached hydrogen (secondary N) is 3. The molecule has 3 aromatic carbocycles. The van der Waals surface area contributed by atoms with Gasteiger partial charge in [0, 0.05) is 5.69 Å². The first-order valence-electron chi connectivity index (χ1n) is 11.7. The van der Waals surface area contributed by atoms with Crippen LogP contribution in [-0.2, 0) is 11.0 Å². The van der Waals surface area contributed by atoms with Crippen LogP contribution < -0.4 is 20.8 Å². The predicted molar refractivity (Wildman–Crippen MR) is 140 cm³/mol. The van der Waals surface area contributed by atoms with Crippen LogP contribution in [0.4, 0.5) is 24.5 Å². The van der Waals surface area contributed by atoms with E-state index in [1.165, 1.54) is 36.7 Å². The molecule has 40 heavy (non-hydrogen) atoms. The minimum absolute atomic E-state index is 0.000408. The number of rotatable bonds is 9. The monoisotopic (exact) mass is 550 g/mol. The third-order valence-electron chi connectivity index (χ3n) is 5.27. The lowest BCUT2D eigenvalue weighted by Gasteiger charge is -2.10. The Labute approximate surface area is 225 Å². The van der Waals surface area contributed by atoms with Crippen LogP contribution in [0.5, 0.6) is 5.75 Å². The maximum Gasteiger partial charge on any atom is 0.416 e. The number of alkyl halides is 3. The van der Waals surface area contributed by atoms with E-state index in [1.807, 2.05) is 0 Å². The molecule has 0 radical (unpaired) electrons. The summed E-state index contributed by atoms with van der Waals surface area (Å²) in [7, 11) is 0. The molecule has 1 heterocycles. The van der Waals surface area contributed by atoms with Crippen LogP contribution in [0.15, 0.2) is 101 Å². The van der Waals surface area contributed by atoms with Crippen LogP contribution in [0.2, 0.25) is 0 Å². The molecule has 4 rings (SSSR count). The summed E-state index contributed by atoms with van der Waals surface area (Å²) in [5.41, 5.74) is 2.57. The zero-order chi connectivity index (χ0) is 28.5. The van der Waals surface area contributed by atoms with Crippen molar-refractivity contribution in [1.82, 2.24) is 5.43 Å². The number of carbonyl (C=O) groups is 3. The third-order valence-corrected chi connectivity index (χ3v) is 5.27. The standard InChI is InChI=1S/C28H21F3N4O5/c29-28(30,31)19-5-3-6-20(15-19)33-25(36)17-40-21-12-10-18(11-13-21)16-32-35-26(37)22-7-1-2-8-23(22)34-27(38)24-9-4-14-39-24/h1-16H,17H2,(H,33,36)(H,34,38)(H,35,37)/b32-16-. The Balaban J connectivity index is 1.27. The van der Waals surface area contributed by atoms with Crippen molar-refractivity contribution in [3.8, 4) is 5.75 Å². The van der Waals surface area contributed by atoms with Crippen molar-refractivity contribution in [3.05, 3.63) is 114 Å². The molecule has 204 valence electrons. The van der Waals surface area contributed by atoms with E-state index in [-0.39, 0.29) is 22.7 Å². The van der Waals surface area contributed by atoms with E-state index in [2.05, 4.69) is 21.2 Å². The molecule has 1 aromatic heterocycles. The summed E-state index contributed by atoms with van der Waals surface area (Å²) in [6, 6.07) is 20.1. The van der Waals surface area contributed by atoms with E-state index in [9.17, 15) is 27.6 Å². The Bertz CT molecular complexity index is 1520. The van der Waals surface area contributed by atoms with Gasteiger partial charge in [0.1, 0.15) is 5.75 Å². The Morgan fingerprint density at radius 1 is 0.875 bits per heavy atom. The van der Waals surface area contributed by atoms with E-state index < -0.39 is 36.1 Å². The topological polar surface area (TPSA) is 122 Å². The number of amides is 3. The van der Waals surface area contributed by atoms with Crippen molar-refractivity contribution < 1.29 is 36.7 Å². The maximum atomic E-state index is 12.8. The molecule has 0 bridgehead atoms. The summed E-state index contributed by atoms with van der Waals surface area (Å²) in [5.74, 6) is -1.27. The lowest BCUT2D eigenvalue weighted by molar-refractivity contribution is -0.137. The normalized spacial score (nSPS) is 11.2. The number of para-hydroxylation sites is 1. The van der Waals surface area contributed by atoms with E-state index in [0.29, 0.717) is 11.3 Å². The Morgan fingerprint density at radius 2 is 1.65 bits per heavy atom. The van der Waals surface area contributed by atoms with Crippen molar-refractivity contribution in [2.24, 2.45) is 5.10 Å². The second kappa shape index (κ2) is 12.4. The molecule has 3 N–H and O–H groups in total. The molecular weight excluding hydrogens is 529 g/mol. The first-order chi connectivity index (χ1) is 19.2. The number of benzene rings is 3. The van der Waals surface area contributed by atoms with Gasteiger partial charge in [-0.15, -0.1) is 0 Å².